The van der Waals surface area contributed by atoms with Gasteiger partial charge in [-0.15, -0.1) is 0 Å². The van der Waals surface area contributed by atoms with Crippen molar-refractivity contribution in [1.29, 1.82) is 0 Å². The fourth-order valence-corrected chi connectivity index (χ4v) is 2.34. The quantitative estimate of drug-likeness (QED) is 0.748. The number of rotatable bonds is 2. The average Bonchev–Trinajstić information content (AvgIpc) is 2.48. The second-order valence-corrected chi connectivity index (χ2v) is 5.40. The third-order valence-electron chi connectivity index (χ3n) is 3.08. The molecule has 0 atom stereocenters. The Morgan fingerprint density at radius 3 is 2.24 bits per heavy atom. The maximum atomic E-state index is 12.2. The average molecular weight is 343 g/mol. The zero-order chi connectivity index (χ0) is 14.8. The lowest BCUT2D eigenvalue weighted by atomic mass is 10.1. The van der Waals surface area contributed by atoms with Crippen molar-refractivity contribution >= 4 is 15.9 Å². The molecule has 3 rings (SSSR count). The van der Waals surface area contributed by atoms with Crippen LogP contribution in [0.25, 0.3) is 22.5 Å². The number of nitrogens with one attached hydrogen (secondary N) is 1. The van der Waals surface area contributed by atoms with E-state index in [4.69, 9.17) is 0 Å². The highest BCUT2D eigenvalue weighted by Gasteiger charge is 2.13. The summed E-state index contributed by atoms with van der Waals surface area (Å²) in [4.78, 5) is 19.0. The summed E-state index contributed by atoms with van der Waals surface area (Å²) in [5.41, 5.74) is 1.17. The second kappa shape index (κ2) is 5.54. The number of benzene rings is 2. The van der Waals surface area contributed by atoms with Crippen LogP contribution in [-0.4, -0.2) is 15.1 Å². The van der Waals surface area contributed by atoms with Gasteiger partial charge in [0.1, 0.15) is 11.4 Å². The first-order valence-corrected chi connectivity index (χ1v) is 7.09. The predicted molar refractivity (Wildman–Crippen MR) is 85.1 cm³/mol. The zero-order valence-electron chi connectivity index (χ0n) is 10.9. The number of H-pyrrole nitrogens is 1. The van der Waals surface area contributed by atoms with E-state index in [0.717, 1.165) is 10.0 Å². The van der Waals surface area contributed by atoms with Gasteiger partial charge < -0.3 is 10.1 Å². The Balaban J connectivity index is 2.13. The van der Waals surface area contributed by atoms with Gasteiger partial charge >= 0.3 is 0 Å². The third-order valence-corrected chi connectivity index (χ3v) is 3.61. The SMILES string of the molecule is O=c1[nH]c(-c2ccc(Br)cc2)nc(O)c1-c1ccccc1. The van der Waals surface area contributed by atoms with E-state index in [0.29, 0.717) is 11.4 Å². The van der Waals surface area contributed by atoms with Gasteiger partial charge in [-0.25, -0.2) is 0 Å². The minimum Gasteiger partial charge on any atom is -0.493 e. The Labute approximate surface area is 129 Å². The first-order chi connectivity index (χ1) is 10.1. The molecule has 0 unspecified atom stereocenters. The van der Waals surface area contributed by atoms with Crippen LogP contribution in [0.4, 0.5) is 0 Å². The van der Waals surface area contributed by atoms with Crippen molar-refractivity contribution in [2.75, 3.05) is 0 Å². The number of aromatic amines is 1. The molecule has 2 N–H and O–H groups in total. The van der Waals surface area contributed by atoms with Crippen molar-refractivity contribution in [1.82, 2.24) is 9.97 Å². The lowest BCUT2D eigenvalue weighted by Crippen LogP contribution is -2.12. The van der Waals surface area contributed by atoms with Crippen LogP contribution >= 0.6 is 15.9 Å². The van der Waals surface area contributed by atoms with Crippen molar-refractivity contribution < 1.29 is 5.11 Å². The molecule has 0 amide bonds. The van der Waals surface area contributed by atoms with Crippen LogP contribution in [0.15, 0.2) is 63.9 Å². The lowest BCUT2D eigenvalue weighted by Gasteiger charge is -2.06. The third kappa shape index (κ3) is 2.73. The van der Waals surface area contributed by atoms with Gasteiger partial charge in [-0.05, 0) is 17.7 Å². The molecular formula is C16H11BrN2O2. The van der Waals surface area contributed by atoms with E-state index >= 15 is 0 Å². The normalized spacial score (nSPS) is 10.5. The molecule has 5 heteroatoms. The summed E-state index contributed by atoms with van der Waals surface area (Å²) < 4.78 is 0.929. The number of aromatic nitrogens is 2. The van der Waals surface area contributed by atoms with Crippen LogP contribution in [0.1, 0.15) is 0 Å². The van der Waals surface area contributed by atoms with Crippen LogP contribution in [-0.2, 0) is 0 Å². The van der Waals surface area contributed by atoms with E-state index in [2.05, 4.69) is 25.9 Å². The maximum Gasteiger partial charge on any atom is 0.262 e. The first-order valence-electron chi connectivity index (χ1n) is 6.30. The number of halogens is 1. The van der Waals surface area contributed by atoms with Crippen molar-refractivity contribution in [2.45, 2.75) is 0 Å². The van der Waals surface area contributed by atoms with Crippen molar-refractivity contribution in [3.63, 3.8) is 0 Å². The molecule has 0 saturated carbocycles. The molecule has 2 aromatic carbocycles. The van der Waals surface area contributed by atoms with Crippen LogP contribution in [0.5, 0.6) is 5.88 Å². The smallest absolute Gasteiger partial charge is 0.262 e. The van der Waals surface area contributed by atoms with Crippen LogP contribution in [0.2, 0.25) is 0 Å². The topological polar surface area (TPSA) is 66.0 Å². The molecular weight excluding hydrogens is 332 g/mol. The van der Waals surface area contributed by atoms with Crippen LogP contribution in [0.3, 0.4) is 0 Å². The van der Waals surface area contributed by atoms with Crippen LogP contribution < -0.4 is 5.56 Å². The monoisotopic (exact) mass is 342 g/mol. The highest BCUT2D eigenvalue weighted by molar-refractivity contribution is 9.10. The minimum absolute atomic E-state index is 0.177. The molecule has 1 heterocycles. The van der Waals surface area contributed by atoms with E-state index < -0.39 is 0 Å². The Hall–Kier alpha value is -2.40. The molecule has 0 bridgehead atoms. The van der Waals surface area contributed by atoms with Gasteiger partial charge in [0.2, 0.25) is 5.88 Å². The number of nitrogens with zero attached hydrogens (tertiary/aromatic N) is 1. The van der Waals surface area contributed by atoms with Crippen LogP contribution in [0, 0.1) is 0 Å². The summed E-state index contributed by atoms with van der Waals surface area (Å²) in [5, 5.41) is 10.1. The molecule has 0 aliphatic heterocycles. The fraction of sp³-hybridized carbons (Fsp3) is 0. The van der Waals surface area contributed by atoms with Gasteiger partial charge in [-0.1, -0.05) is 58.4 Å². The molecule has 0 aliphatic carbocycles. The summed E-state index contributed by atoms with van der Waals surface area (Å²) >= 11 is 3.35. The predicted octanol–water partition coefficient (Wildman–Crippen LogP) is 3.57. The Kier molecular flexibility index (Phi) is 3.58. The summed E-state index contributed by atoms with van der Waals surface area (Å²) in [6.45, 7) is 0. The standard InChI is InChI=1S/C16H11BrN2O2/c17-12-8-6-11(7-9-12)14-18-15(20)13(16(21)19-14)10-4-2-1-3-5-10/h1-9H,(H2,18,19,20,21). The van der Waals surface area contributed by atoms with Gasteiger partial charge in [-0.2, -0.15) is 4.98 Å². The zero-order valence-corrected chi connectivity index (χ0v) is 12.5. The molecule has 104 valence electrons. The Bertz CT molecular complexity index is 827. The molecule has 0 spiro atoms. The van der Waals surface area contributed by atoms with E-state index in [9.17, 15) is 9.90 Å². The Morgan fingerprint density at radius 1 is 0.952 bits per heavy atom. The van der Waals surface area contributed by atoms with Crippen molar-refractivity contribution in [3.05, 3.63) is 69.4 Å². The number of hydrogen-bond acceptors (Lipinski definition) is 3. The van der Waals surface area contributed by atoms with Crippen molar-refractivity contribution in [3.8, 4) is 28.4 Å². The summed E-state index contributed by atoms with van der Waals surface area (Å²) in [7, 11) is 0. The molecule has 0 fully saturated rings. The second-order valence-electron chi connectivity index (χ2n) is 4.49. The fourth-order valence-electron chi connectivity index (χ4n) is 2.07. The van der Waals surface area contributed by atoms with E-state index in [-0.39, 0.29) is 17.0 Å². The number of hydrogen-bond donors (Lipinski definition) is 2. The molecule has 1 aromatic heterocycles. The minimum atomic E-state index is -0.369. The highest BCUT2D eigenvalue weighted by Crippen LogP contribution is 2.25. The number of aromatic hydroxyl groups is 1. The summed E-state index contributed by atoms with van der Waals surface area (Å²) in [5.74, 6) is 0.0625. The van der Waals surface area contributed by atoms with Crippen molar-refractivity contribution in [2.24, 2.45) is 0 Å². The largest absolute Gasteiger partial charge is 0.493 e. The van der Waals surface area contributed by atoms with Gasteiger partial charge in [0.15, 0.2) is 0 Å². The molecule has 4 nitrogen and oxygen atoms in total. The summed E-state index contributed by atoms with van der Waals surface area (Å²) in [6, 6.07) is 16.3. The maximum absolute atomic E-state index is 12.2. The first kappa shape index (κ1) is 13.6. The van der Waals surface area contributed by atoms with E-state index in [1.807, 2.05) is 30.3 Å². The molecule has 0 radical (unpaired) electrons. The summed E-state index contributed by atoms with van der Waals surface area (Å²) in [6.07, 6.45) is 0. The lowest BCUT2D eigenvalue weighted by molar-refractivity contribution is 0.454. The van der Waals surface area contributed by atoms with Gasteiger partial charge in [0.05, 0.1) is 0 Å². The van der Waals surface area contributed by atoms with E-state index in [1.54, 1.807) is 24.3 Å². The Morgan fingerprint density at radius 2 is 1.62 bits per heavy atom. The molecule has 3 aromatic rings. The molecule has 21 heavy (non-hydrogen) atoms. The van der Waals surface area contributed by atoms with E-state index in [1.165, 1.54) is 0 Å². The van der Waals surface area contributed by atoms with Gasteiger partial charge in [-0.3, -0.25) is 4.79 Å². The van der Waals surface area contributed by atoms with Gasteiger partial charge in [0.25, 0.3) is 5.56 Å². The van der Waals surface area contributed by atoms with Gasteiger partial charge in [0, 0.05) is 10.0 Å². The highest BCUT2D eigenvalue weighted by atomic mass is 79.9. The molecule has 0 aliphatic rings. The molecule has 0 saturated heterocycles.